The van der Waals surface area contributed by atoms with Crippen molar-refractivity contribution in [1.82, 2.24) is 4.98 Å². The molecule has 5 heteroatoms. The first-order valence-corrected chi connectivity index (χ1v) is 6.63. The van der Waals surface area contributed by atoms with Crippen molar-refractivity contribution in [3.8, 4) is 0 Å². The van der Waals surface area contributed by atoms with Crippen molar-refractivity contribution in [3.05, 3.63) is 22.9 Å². The van der Waals surface area contributed by atoms with Crippen LogP contribution in [0.15, 0.2) is 6.07 Å². The van der Waals surface area contributed by atoms with Gasteiger partial charge in [-0.1, -0.05) is 0 Å². The van der Waals surface area contributed by atoms with Crippen LogP contribution in [0.5, 0.6) is 0 Å². The van der Waals surface area contributed by atoms with Gasteiger partial charge in [0.05, 0.1) is 6.61 Å². The number of aromatic carboxylic acids is 1. The Morgan fingerprint density at radius 3 is 2.95 bits per heavy atom. The molecule has 0 saturated carbocycles. The summed E-state index contributed by atoms with van der Waals surface area (Å²) in [5.41, 5.74) is 2.36. The summed E-state index contributed by atoms with van der Waals surface area (Å²) in [4.78, 5) is 15.8. The zero-order chi connectivity index (χ0) is 13.8. The smallest absolute Gasteiger partial charge is 0.339 e. The van der Waals surface area contributed by atoms with Crippen LogP contribution in [0.3, 0.4) is 0 Å². The maximum absolute atomic E-state index is 11.3. The van der Waals surface area contributed by atoms with Gasteiger partial charge in [0.2, 0.25) is 0 Å². The van der Waals surface area contributed by atoms with Gasteiger partial charge >= 0.3 is 5.97 Å². The number of ether oxygens (including phenoxy) is 1. The normalized spacial score (nSPS) is 15.7. The predicted molar refractivity (Wildman–Crippen MR) is 72.8 cm³/mol. The largest absolute Gasteiger partial charge is 0.478 e. The van der Waals surface area contributed by atoms with Gasteiger partial charge in [0.15, 0.2) is 0 Å². The van der Waals surface area contributed by atoms with Crippen LogP contribution in [-0.4, -0.2) is 35.8 Å². The zero-order valence-electron chi connectivity index (χ0n) is 11.4. The number of fused-ring (bicyclic) bond motifs is 1. The van der Waals surface area contributed by atoms with Gasteiger partial charge in [0.1, 0.15) is 11.4 Å². The maximum atomic E-state index is 11.3. The molecule has 0 spiro atoms. The maximum Gasteiger partial charge on any atom is 0.339 e. The molecule has 1 unspecified atom stereocenters. The van der Waals surface area contributed by atoms with Crippen molar-refractivity contribution in [2.24, 2.45) is 0 Å². The average Bonchev–Trinajstić information content (AvgIpc) is 2.38. The topological polar surface area (TPSA) is 71.5 Å². The molecule has 0 amide bonds. The van der Waals surface area contributed by atoms with E-state index in [0.717, 1.165) is 36.9 Å². The van der Waals surface area contributed by atoms with Gasteiger partial charge in [-0.2, -0.15) is 0 Å². The molecule has 2 rings (SSSR count). The van der Waals surface area contributed by atoms with Crippen molar-refractivity contribution in [2.75, 3.05) is 19.0 Å². The molecule has 5 nitrogen and oxygen atoms in total. The minimum atomic E-state index is -0.937. The lowest BCUT2D eigenvalue weighted by atomic mass is 9.94. The molecular weight excluding hydrogens is 244 g/mol. The van der Waals surface area contributed by atoms with Crippen LogP contribution in [0.4, 0.5) is 5.82 Å². The van der Waals surface area contributed by atoms with Gasteiger partial charge < -0.3 is 15.2 Å². The lowest BCUT2D eigenvalue weighted by molar-refractivity contribution is 0.0697. The minimum absolute atomic E-state index is 0.0252. The van der Waals surface area contributed by atoms with Crippen molar-refractivity contribution >= 4 is 11.8 Å². The van der Waals surface area contributed by atoms with Crippen LogP contribution in [0.2, 0.25) is 0 Å². The van der Waals surface area contributed by atoms with E-state index in [-0.39, 0.29) is 11.6 Å². The van der Waals surface area contributed by atoms with Gasteiger partial charge in [0.25, 0.3) is 0 Å². The monoisotopic (exact) mass is 264 g/mol. The number of methoxy groups -OCH3 is 1. The van der Waals surface area contributed by atoms with E-state index < -0.39 is 5.97 Å². The van der Waals surface area contributed by atoms with Crippen molar-refractivity contribution < 1.29 is 14.6 Å². The van der Waals surface area contributed by atoms with E-state index in [9.17, 15) is 9.90 Å². The number of carbonyl (C=O) groups is 1. The highest BCUT2D eigenvalue weighted by atomic mass is 16.5. The second-order valence-electron chi connectivity index (χ2n) is 5.00. The quantitative estimate of drug-likeness (QED) is 0.852. The fourth-order valence-corrected chi connectivity index (χ4v) is 2.43. The van der Waals surface area contributed by atoms with E-state index in [1.54, 1.807) is 13.2 Å². The number of pyridine rings is 1. The fraction of sp³-hybridized carbons (Fsp3) is 0.571. The first-order valence-electron chi connectivity index (χ1n) is 6.63. The van der Waals surface area contributed by atoms with Crippen LogP contribution in [0.25, 0.3) is 0 Å². The Bertz CT molecular complexity index is 474. The van der Waals surface area contributed by atoms with Crippen molar-refractivity contribution in [2.45, 2.75) is 38.6 Å². The Kier molecular flexibility index (Phi) is 4.37. The summed E-state index contributed by atoms with van der Waals surface area (Å²) in [5, 5.41) is 12.4. The average molecular weight is 264 g/mol. The molecule has 0 fully saturated rings. The molecule has 1 aliphatic rings. The molecule has 1 heterocycles. The lowest BCUT2D eigenvalue weighted by Gasteiger charge is -2.20. The summed E-state index contributed by atoms with van der Waals surface area (Å²) >= 11 is 0. The molecule has 0 aromatic carbocycles. The highest BCUT2D eigenvalue weighted by Gasteiger charge is 2.19. The molecule has 1 aliphatic carbocycles. The second kappa shape index (κ2) is 6.02. The number of carboxylic acids is 1. The van der Waals surface area contributed by atoms with Gasteiger partial charge in [-0.25, -0.2) is 9.78 Å². The van der Waals surface area contributed by atoms with Gasteiger partial charge in [0, 0.05) is 18.8 Å². The standard InChI is InChI=1S/C14H20N2O3/c1-9(8-19-2)15-13-11(14(17)18)7-10-5-3-4-6-12(10)16-13/h7,9H,3-6,8H2,1-2H3,(H,15,16)(H,17,18). The molecule has 0 bridgehead atoms. The minimum Gasteiger partial charge on any atom is -0.478 e. The first kappa shape index (κ1) is 13.8. The van der Waals surface area contributed by atoms with E-state index in [1.165, 1.54) is 0 Å². The summed E-state index contributed by atoms with van der Waals surface area (Å²) in [6.07, 6.45) is 4.10. The number of nitrogens with one attached hydrogen (secondary N) is 1. The molecule has 0 saturated heterocycles. The third-order valence-electron chi connectivity index (χ3n) is 3.33. The van der Waals surface area contributed by atoms with E-state index in [1.807, 2.05) is 6.92 Å². The molecule has 2 N–H and O–H groups in total. The summed E-state index contributed by atoms with van der Waals surface area (Å²) in [6, 6.07) is 1.79. The van der Waals surface area contributed by atoms with Crippen molar-refractivity contribution in [3.63, 3.8) is 0 Å². The number of carboxylic acid groups (broad SMARTS) is 1. The molecule has 19 heavy (non-hydrogen) atoms. The van der Waals surface area contributed by atoms with Crippen LogP contribution in [0, 0.1) is 0 Å². The molecule has 0 radical (unpaired) electrons. The van der Waals surface area contributed by atoms with Crippen molar-refractivity contribution in [1.29, 1.82) is 0 Å². The van der Waals surface area contributed by atoms with Crippen LogP contribution in [0.1, 0.15) is 41.4 Å². The second-order valence-corrected chi connectivity index (χ2v) is 5.00. The number of aromatic nitrogens is 1. The zero-order valence-corrected chi connectivity index (χ0v) is 11.4. The van der Waals surface area contributed by atoms with Crippen LogP contribution >= 0.6 is 0 Å². The van der Waals surface area contributed by atoms with E-state index in [4.69, 9.17) is 4.74 Å². The van der Waals surface area contributed by atoms with Gasteiger partial charge in [-0.15, -0.1) is 0 Å². The van der Waals surface area contributed by atoms with Crippen LogP contribution in [-0.2, 0) is 17.6 Å². The number of anilines is 1. The molecule has 1 aromatic rings. The molecule has 1 aromatic heterocycles. The summed E-state index contributed by atoms with van der Waals surface area (Å²) in [5.74, 6) is -0.481. The Morgan fingerprint density at radius 2 is 2.26 bits per heavy atom. The fourth-order valence-electron chi connectivity index (χ4n) is 2.43. The van der Waals surface area contributed by atoms with Crippen LogP contribution < -0.4 is 5.32 Å². The van der Waals surface area contributed by atoms with Gasteiger partial charge in [-0.05, 0) is 44.2 Å². The Hall–Kier alpha value is -1.62. The summed E-state index contributed by atoms with van der Waals surface area (Å²) in [7, 11) is 1.62. The number of rotatable bonds is 5. The number of nitrogens with zero attached hydrogens (tertiary/aromatic N) is 1. The Labute approximate surface area is 113 Å². The Morgan fingerprint density at radius 1 is 1.53 bits per heavy atom. The number of hydrogen-bond donors (Lipinski definition) is 2. The number of hydrogen-bond acceptors (Lipinski definition) is 4. The molecular formula is C14H20N2O3. The first-order chi connectivity index (χ1) is 9.11. The van der Waals surface area contributed by atoms with Gasteiger partial charge in [-0.3, -0.25) is 0 Å². The Balaban J connectivity index is 2.31. The number of aryl methyl sites for hydroxylation is 2. The van der Waals surface area contributed by atoms with E-state index in [2.05, 4.69) is 10.3 Å². The molecule has 0 aliphatic heterocycles. The summed E-state index contributed by atoms with van der Waals surface area (Å²) in [6.45, 7) is 2.45. The highest BCUT2D eigenvalue weighted by molar-refractivity contribution is 5.93. The third-order valence-corrected chi connectivity index (χ3v) is 3.33. The third kappa shape index (κ3) is 3.23. The predicted octanol–water partition coefficient (Wildman–Crippen LogP) is 2.11. The lowest BCUT2D eigenvalue weighted by Crippen LogP contribution is -2.24. The SMILES string of the molecule is COCC(C)Nc1nc2c(cc1C(=O)O)CCCC2. The van der Waals surface area contributed by atoms with E-state index >= 15 is 0 Å². The summed E-state index contributed by atoms with van der Waals surface area (Å²) < 4.78 is 5.05. The molecule has 104 valence electrons. The molecule has 1 atom stereocenters. The highest BCUT2D eigenvalue weighted by Crippen LogP contribution is 2.25. The van der Waals surface area contributed by atoms with E-state index in [0.29, 0.717) is 12.4 Å².